The number of nitrogens with two attached hydrogens (primary N) is 1. The van der Waals surface area contributed by atoms with E-state index in [1.165, 1.54) is 12.1 Å². The molecule has 8 amide bonds. The highest BCUT2D eigenvalue weighted by molar-refractivity contribution is 8.00. The van der Waals surface area contributed by atoms with Crippen LogP contribution in [0.5, 0.6) is 5.75 Å². The van der Waals surface area contributed by atoms with Crippen LogP contribution >= 0.6 is 11.8 Å². The number of primary amides is 1. The molecule has 20 heteroatoms. The molecule has 1 aromatic carbocycles. The largest absolute Gasteiger partial charge is 0.508 e. The predicted octanol–water partition coefficient (Wildman–Crippen LogP) is 0.940. The molecular formula is C43H66N8O11S. The quantitative estimate of drug-likeness (QED) is 0.0235. The van der Waals surface area contributed by atoms with Gasteiger partial charge < -0.3 is 57.5 Å². The first-order valence-electron chi connectivity index (χ1n) is 22.2. The Morgan fingerprint density at radius 3 is 2.24 bits per heavy atom. The number of epoxide rings is 1. The molecule has 350 valence electrons. The number of carbonyl (C=O) groups excluding carboxylic acids is 8. The third-order valence-electron chi connectivity index (χ3n) is 11.0. The molecule has 0 unspecified atom stereocenters. The number of phenols is 1. The van der Waals surface area contributed by atoms with Gasteiger partial charge in [-0.2, -0.15) is 11.8 Å². The fraction of sp³-hybridized carbons (Fsp3) is 0.674. The molecule has 3 saturated heterocycles. The van der Waals surface area contributed by atoms with Gasteiger partial charge in [0.25, 0.3) is 5.91 Å². The smallest absolute Gasteiger partial charge is 0.338 e. The molecule has 3 aliphatic heterocycles. The Morgan fingerprint density at radius 2 is 1.52 bits per heavy atom. The monoisotopic (exact) mass is 902 g/mol. The van der Waals surface area contributed by atoms with E-state index in [-0.39, 0.29) is 74.0 Å². The SMILES string of the molecule is CCOC(=O)[C@@H]1O[C@@H]1C(=O)N[C@@H](CC(C)C)C(=O)N[C@@H](Cc1ccc(O)cc1)C(=O)NCCCCCC(=O)N[C@@H](CCCCNC(=O)CCCC[C@@H]1SC[C@H]2NC(=O)N[C@H]12)C(N)=O. The van der Waals surface area contributed by atoms with Gasteiger partial charge in [-0.15, -0.1) is 0 Å². The number of unbranched alkanes of at least 4 members (excludes halogenated alkanes) is 4. The van der Waals surface area contributed by atoms with E-state index < -0.39 is 59.9 Å². The lowest BCUT2D eigenvalue weighted by Gasteiger charge is -2.24. The minimum absolute atomic E-state index is 0.0131. The predicted molar refractivity (Wildman–Crippen MR) is 234 cm³/mol. The van der Waals surface area contributed by atoms with Crippen molar-refractivity contribution in [3.8, 4) is 5.75 Å². The summed E-state index contributed by atoms with van der Waals surface area (Å²) in [5.41, 5.74) is 6.23. The number of rotatable bonds is 29. The number of hydrogen-bond donors (Lipinski definition) is 9. The molecular weight excluding hydrogens is 837 g/mol. The van der Waals surface area contributed by atoms with Gasteiger partial charge in [-0.05, 0) is 81.9 Å². The Bertz CT molecular complexity index is 1730. The number of nitrogens with one attached hydrogen (secondary N) is 7. The summed E-state index contributed by atoms with van der Waals surface area (Å²) in [7, 11) is 0. The van der Waals surface area contributed by atoms with Gasteiger partial charge in [-0.1, -0.05) is 38.8 Å². The summed E-state index contributed by atoms with van der Waals surface area (Å²) >= 11 is 1.86. The molecule has 0 aliphatic carbocycles. The van der Waals surface area contributed by atoms with E-state index in [0.717, 1.165) is 25.0 Å². The third-order valence-corrected chi connectivity index (χ3v) is 12.5. The second kappa shape index (κ2) is 25.9. The number of aromatic hydroxyl groups is 1. The van der Waals surface area contributed by atoms with Crippen LogP contribution in [0.15, 0.2) is 24.3 Å². The van der Waals surface area contributed by atoms with Gasteiger partial charge in [0, 0.05) is 43.4 Å². The van der Waals surface area contributed by atoms with E-state index in [0.29, 0.717) is 62.3 Å². The standard InChI is InChI=1S/C43H66N8O11S/c1-4-61-42(59)37-36(62-37)41(58)49-29(22-25(2)3)40(57)48-30(23-26-16-18-27(52)19-17-26)39(56)46-21-10-5-6-15-34(54)47-28(38(44)55)12-9-11-20-45-33(53)14-8-7-13-32-35-31(24-63-32)50-43(60)51-35/h16-19,25,28-32,35-37,52H,4-15,20-24H2,1-3H3,(H2,44,55)(H,45,53)(H,46,56)(H,47,54)(H,48,57)(H,49,58)(H2,50,51,60)/t28-,29-,30-,31+,32-,35-,36-,37+/m0/s1. The number of phenolic OH excluding ortho intramolecular Hbond substituents is 1. The zero-order valence-corrected chi connectivity index (χ0v) is 37.4. The van der Waals surface area contributed by atoms with Crippen LogP contribution in [0, 0.1) is 5.92 Å². The number of urea groups is 1. The molecule has 0 radical (unpaired) electrons. The van der Waals surface area contributed by atoms with E-state index in [1.807, 2.05) is 25.6 Å². The molecule has 0 aromatic heterocycles. The van der Waals surface area contributed by atoms with Crippen LogP contribution < -0.4 is 43.0 Å². The molecule has 0 saturated carbocycles. The number of hydrogen-bond acceptors (Lipinski definition) is 12. The topological polar surface area (TPSA) is 289 Å². The Labute approximate surface area is 373 Å². The van der Waals surface area contributed by atoms with Gasteiger partial charge in [0.1, 0.15) is 23.9 Å². The summed E-state index contributed by atoms with van der Waals surface area (Å²) in [6, 6.07) is 3.57. The second-order valence-corrected chi connectivity index (χ2v) is 18.0. The van der Waals surface area contributed by atoms with Crippen molar-refractivity contribution in [1.29, 1.82) is 0 Å². The minimum atomic E-state index is -1.07. The van der Waals surface area contributed by atoms with Crippen molar-refractivity contribution in [3.05, 3.63) is 29.8 Å². The van der Waals surface area contributed by atoms with E-state index >= 15 is 0 Å². The highest BCUT2D eigenvalue weighted by atomic mass is 32.2. The number of amides is 8. The lowest BCUT2D eigenvalue weighted by molar-refractivity contribution is -0.144. The molecule has 1 aromatic rings. The number of thioether (sulfide) groups is 1. The summed E-state index contributed by atoms with van der Waals surface area (Å²) in [4.78, 5) is 101. The van der Waals surface area contributed by atoms with Crippen molar-refractivity contribution >= 4 is 59.2 Å². The van der Waals surface area contributed by atoms with E-state index in [2.05, 4.69) is 37.2 Å². The second-order valence-electron chi connectivity index (χ2n) is 16.7. The van der Waals surface area contributed by atoms with Crippen LogP contribution in [0.4, 0.5) is 4.79 Å². The summed E-state index contributed by atoms with van der Waals surface area (Å²) in [6.45, 7) is 6.22. The van der Waals surface area contributed by atoms with Crippen molar-refractivity contribution in [2.24, 2.45) is 11.7 Å². The van der Waals surface area contributed by atoms with Crippen LogP contribution in [-0.2, 0) is 49.5 Å². The van der Waals surface area contributed by atoms with Crippen molar-refractivity contribution in [2.45, 2.75) is 152 Å². The van der Waals surface area contributed by atoms with Gasteiger partial charge in [0.15, 0.2) is 12.2 Å². The Morgan fingerprint density at radius 1 is 0.825 bits per heavy atom. The van der Waals surface area contributed by atoms with Crippen LogP contribution in [0.1, 0.15) is 103 Å². The fourth-order valence-corrected chi connectivity index (χ4v) is 9.10. The molecule has 10 N–H and O–H groups in total. The van der Waals surface area contributed by atoms with Crippen molar-refractivity contribution in [3.63, 3.8) is 0 Å². The van der Waals surface area contributed by atoms with Gasteiger partial charge in [0.05, 0.1) is 18.7 Å². The molecule has 0 bridgehead atoms. The molecule has 8 atom stereocenters. The first-order valence-corrected chi connectivity index (χ1v) is 23.2. The summed E-state index contributed by atoms with van der Waals surface area (Å²) in [6.07, 6.45) is 4.53. The van der Waals surface area contributed by atoms with Gasteiger partial charge in [-0.3, -0.25) is 28.8 Å². The maximum Gasteiger partial charge on any atom is 0.338 e. The molecule has 63 heavy (non-hydrogen) atoms. The average molecular weight is 903 g/mol. The zero-order valence-electron chi connectivity index (χ0n) is 36.5. The average Bonchev–Trinajstić information content (AvgIpc) is 3.84. The summed E-state index contributed by atoms with van der Waals surface area (Å²) < 4.78 is 10.1. The summed E-state index contributed by atoms with van der Waals surface area (Å²) in [5.74, 6) is -2.41. The number of carbonyl (C=O) groups is 8. The van der Waals surface area contributed by atoms with Crippen LogP contribution in [-0.4, -0.2) is 126 Å². The Kier molecular flexibility index (Phi) is 20.7. The van der Waals surface area contributed by atoms with E-state index in [1.54, 1.807) is 19.1 Å². The van der Waals surface area contributed by atoms with E-state index in [4.69, 9.17) is 15.2 Å². The third kappa shape index (κ3) is 17.5. The molecule has 4 rings (SSSR count). The molecule has 3 aliphatic rings. The van der Waals surface area contributed by atoms with Crippen molar-refractivity contribution in [1.82, 2.24) is 37.2 Å². The molecule has 3 fully saturated rings. The summed E-state index contributed by atoms with van der Waals surface area (Å²) in [5, 5.41) is 29.9. The Hall–Kier alpha value is -5.11. The van der Waals surface area contributed by atoms with Gasteiger partial charge in [-0.25, -0.2) is 9.59 Å². The maximum atomic E-state index is 13.6. The minimum Gasteiger partial charge on any atom is -0.508 e. The number of fused-ring (bicyclic) bond motifs is 1. The van der Waals surface area contributed by atoms with Crippen LogP contribution in [0.2, 0.25) is 0 Å². The van der Waals surface area contributed by atoms with Crippen molar-refractivity contribution < 1.29 is 52.9 Å². The van der Waals surface area contributed by atoms with Crippen LogP contribution in [0.25, 0.3) is 0 Å². The first-order chi connectivity index (χ1) is 30.1. The number of esters is 1. The lowest BCUT2D eigenvalue weighted by atomic mass is 10.0. The van der Waals surface area contributed by atoms with E-state index in [9.17, 15) is 43.5 Å². The number of benzene rings is 1. The zero-order chi connectivity index (χ0) is 45.9. The first kappa shape index (κ1) is 50.5. The molecule has 0 spiro atoms. The maximum absolute atomic E-state index is 13.6. The Balaban J connectivity index is 1.12. The normalized spacial score (nSPS) is 21.1. The highest BCUT2D eigenvalue weighted by Gasteiger charge is 2.52. The highest BCUT2D eigenvalue weighted by Crippen LogP contribution is 2.33. The molecule has 3 heterocycles. The lowest BCUT2D eigenvalue weighted by Crippen LogP contribution is -2.55. The fourth-order valence-electron chi connectivity index (χ4n) is 7.56. The molecule has 19 nitrogen and oxygen atoms in total. The van der Waals surface area contributed by atoms with Gasteiger partial charge in [0.2, 0.25) is 29.5 Å². The van der Waals surface area contributed by atoms with Crippen molar-refractivity contribution in [2.75, 3.05) is 25.4 Å². The number of ether oxygens (including phenoxy) is 2. The van der Waals surface area contributed by atoms with Gasteiger partial charge >= 0.3 is 12.0 Å². The van der Waals surface area contributed by atoms with Crippen LogP contribution in [0.3, 0.4) is 0 Å².